The van der Waals surface area contributed by atoms with Gasteiger partial charge in [-0.3, -0.25) is 0 Å². The third-order valence-corrected chi connectivity index (χ3v) is 1.82. The van der Waals surface area contributed by atoms with Crippen LogP contribution in [-0.2, 0) is 0 Å². The second-order valence-corrected chi connectivity index (χ2v) is 4.90. The zero-order chi connectivity index (χ0) is 11.4. The van der Waals surface area contributed by atoms with Crippen molar-refractivity contribution in [3.63, 3.8) is 0 Å². The maximum absolute atomic E-state index is 11.6. The Hall–Kier alpha value is -0.770. The van der Waals surface area contributed by atoms with E-state index in [1.165, 1.54) is 0 Å². The first kappa shape index (κ1) is 13.2. The molecule has 14 heavy (non-hydrogen) atoms. The van der Waals surface area contributed by atoms with Crippen molar-refractivity contribution in [2.75, 3.05) is 20.1 Å². The molecule has 2 amide bonds. The average Bonchev–Trinajstić information content (AvgIpc) is 2.00. The van der Waals surface area contributed by atoms with Gasteiger partial charge in [0.05, 0.1) is 0 Å². The summed E-state index contributed by atoms with van der Waals surface area (Å²) in [6.07, 6.45) is 0. The normalized spacial score (nSPS) is 13.6. The van der Waals surface area contributed by atoms with Gasteiger partial charge in [0.15, 0.2) is 0 Å². The number of hydrogen-bond donors (Lipinski definition) is 2. The van der Waals surface area contributed by atoms with Crippen LogP contribution in [0.4, 0.5) is 4.79 Å². The molecule has 4 nitrogen and oxygen atoms in total. The summed E-state index contributed by atoms with van der Waals surface area (Å²) < 4.78 is 0. The van der Waals surface area contributed by atoms with Gasteiger partial charge >= 0.3 is 6.03 Å². The second kappa shape index (κ2) is 5.20. The van der Waals surface area contributed by atoms with Crippen molar-refractivity contribution >= 4 is 6.03 Å². The van der Waals surface area contributed by atoms with Crippen LogP contribution >= 0.6 is 0 Å². The van der Waals surface area contributed by atoms with Gasteiger partial charge < -0.3 is 16.0 Å². The predicted molar refractivity (Wildman–Crippen MR) is 59.1 cm³/mol. The van der Waals surface area contributed by atoms with E-state index in [0.717, 1.165) is 0 Å². The van der Waals surface area contributed by atoms with Crippen LogP contribution < -0.4 is 11.1 Å². The Kier molecular flexibility index (Phi) is 4.91. The molecule has 0 spiro atoms. The minimum atomic E-state index is -0.183. The lowest BCUT2D eigenvalue weighted by Crippen LogP contribution is -2.48. The molecule has 0 fully saturated rings. The van der Waals surface area contributed by atoms with Gasteiger partial charge in [-0.2, -0.15) is 0 Å². The molecule has 0 saturated heterocycles. The van der Waals surface area contributed by atoms with E-state index >= 15 is 0 Å². The van der Waals surface area contributed by atoms with E-state index in [1.807, 2.05) is 27.7 Å². The van der Waals surface area contributed by atoms with Gasteiger partial charge in [-0.1, -0.05) is 6.92 Å². The van der Waals surface area contributed by atoms with Gasteiger partial charge in [-0.15, -0.1) is 0 Å². The molecule has 4 heteroatoms. The van der Waals surface area contributed by atoms with Crippen molar-refractivity contribution in [3.8, 4) is 0 Å². The van der Waals surface area contributed by atoms with Gasteiger partial charge in [0, 0.05) is 19.1 Å². The Morgan fingerprint density at radius 2 is 2.00 bits per heavy atom. The van der Waals surface area contributed by atoms with Crippen molar-refractivity contribution < 1.29 is 4.79 Å². The molecule has 3 N–H and O–H groups in total. The third-order valence-electron chi connectivity index (χ3n) is 1.82. The Morgan fingerprint density at radius 3 is 2.36 bits per heavy atom. The van der Waals surface area contributed by atoms with Crippen molar-refractivity contribution in [3.05, 3.63) is 0 Å². The molecule has 84 valence electrons. The second-order valence-electron chi connectivity index (χ2n) is 4.90. The minimum Gasteiger partial charge on any atom is -0.333 e. The zero-order valence-corrected chi connectivity index (χ0v) is 9.92. The summed E-state index contributed by atoms with van der Waals surface area (Å²) in [5.41, 5.74) is 5.31. The fraction of sp³-hybridized carbons (Fsp3) is 0.900. The van der Waals surface area contributed by atoms with Crippen LogP contribution in [0.25, 0.3) is 0 Å². The molecule has 0 aliphatic carbocycles. The molecule has 1 atom stereocenters. The first-order valence-electron chi connectivity index (χ1n) is 4.99. The lowest BCUT2D eigenvalue weighted by atomic mass is 10.1. The summed E-state index contributed by atoms with van der Waals surface area (Å²) in [7, 11) is 1.78. The highest BCUT2D eigenvalue weighted by molar-refractivity contribution is 5.74. The van der Waals surface area contributed by atoms with E-state index in [9.17, 15) is 4.79 Å². The van der Waals surface area contributed by atoms with Crippen LogP contribution in [0.3, 0.4) is 0 Å². The van der Waals surface area contributed by atoms with E-state index in [-0.39, 0.29) is 11.6 Å². The van der Waals surface area contributed by atoms with Gasteiger partial charge in [-0.05, 0) is 33.2 Å². The molecule has 0 aromatic rings. The Morgan fingerprint density at radius 1 is 1.50 bits per heavy atom. The number of urea groups is 1. The Bertz CT molecular complexity index is 186. The standard InChI is InChI=1S/C10H23N3O/c1-8(6-11)7-13(5)9(14)12-10(2,3)4/h8H,6-7,11H2,1-5H3,(H,12,14). The Labute approximate surface area is 86.8 Å². The van der Waals surface area contributed by atoms with E-state index in [4.69, 9.17) is 5.73 Å². The molecule has 0 radical (unpaired) electrons. The molecule has 1 unspecified atom stereocenters. The summed E-state index contributed by atoms with van der Waals surface area (Å²) in [5, 5.41) is 2.89. The summed E-state index contributed by atoms with van der Waals surface area (Å²) >= 11 is 0. The maximum atomic E-state index is 11.6. The number of rotatable bonds is 3. The molecular formula is C10H23N3O. The molecule has 0 bridgehead atoms. The average molecular weight is 201 g/mol. The highest BCUT2D eigenvalue weighted by Gasteiger charge is 2.17. The number of carbonyl (C=O) groups excluding carboxylic acids is 1. The molecule has 0 aliphatic rings. The van der Waals surface area contributed by atoms with Crippen LogP contribution in [0.15, 0.2) is 0 Å². The fourth-order valence-corrected chi connectivity index (χ4v) is 1.04. The molecule has 0 aromatic carbocycles. The topological polar surface area (TPSA) is 58.4 Å². The van der Waals surface area contributed by atoms with Gasteiger partial charge in [0.25, 0.3) is 0 Å². The van der Waals surface area contributed by atoms with E-state index in [0.29, 0.717) is 19.0 Å². The lowest BCUT2D eigenvalue weighted by Gasteiger charge is -2.27. The Balaban J connectivity index is 4.00. The molecule has 0 aromatic heterocycles. The summed E-state index contributed by atoms with van der Waals surface area (Å²) in [4.78, 5) is 13.3. The number of hydrogen-bond acceptors (Lipinski definition) is 2. The van der Waals surface area contributed by atoms with Crippen LogP contribution in [0.2, 0.25) is 0 Å². The van der Waals surface area contributed by atoms with E-state index in [1.54, 1.807) is 11.9 Å². The molecule has 0 heterocycles. The summed E-state index contributed by atoms with van der Waals surface area (Å²) in [6, 6.07) is -0.0437. The molecule has 0 saturated carbocycles. The van der Waals surface area contributed by atoms with Gasteiger partial charge in [0.2, 0.25) is 0 Å². The van der Waals surface area contributed by atoms with Crippen LogP contribution in [0.1, 0.15) is 27.7 Å². The highest BCUT2D eigenvalue weighted by Crippen LogP contribution is 2.01. The SMILES string of the molecule is CC(CN)CN(C)C(=O)NC(C)(C)C. The van der Waals surface area contributed by atoms with E-state index in [2.05, 4.69) is 5.32 Å². The van der Waals surface area contributed by atoms with Crippen molar-refractivity contribution in [2.45, 2.75) is 33.2 Å². The number of nitrogens with one attached hydrogen (secondary N) is 1. The number of amides is 2. The quantitative estimate of drug-likeness (QED) is 0.716. The summed E-state index contributed by atoms with van der Waals surface area (Å²) in [5.74, 6) is 0.339. The highest BCUT2D eigenvalue weighted by atomic mass is 16.2. The number of carbonyl (C=O) groups is 1. The number of nitrogens with two attached hydrogens (primary N) is 1. The van der Waals surface area contributed by atoms with Crippen molar-refractivity contribution in [1.82, 2.24) is 10.2 Å². The first-order valence-corrected chi connectivity index (χ1v) is 4.99. The smallest absolute Gasteiger partial charge is 0.317 e. The maximum Gasteiger partial charge on any atom is 0.317 e. The lowest BCUT2D eigenvalue weighted by molar-refractivity contribution is 0.193. The molecule has 0 rings (SSSR count). The summed E-state index contributed by atoms with van der Waals surface area (Å²) in [6.45, 7) is 9.22. The first-order chi connectivity index (χ1) is 6.26. The molecule has 0 aliphatic heterocycles. The van der Waals surface area contributed by atoms with E-state index < -0.39 is 0 Å². The van der Waals surface area contributed by atoms with Crippen LogP contribution in [0, 0.1) is 5.92 Å². The van der Waals surface area contributed by atoms with Gasteiger partial charge in [0.1, 0.15) is 0 Å². The van der Waals surface area contributed by atoms with Crippen LogP contribution in [-0.4, -0.2) is 36.6 Å². The monoisotopic (exact) mass is 201 g/mol. The third kappa shape index (κ3) is 5.80. The zero-order valence-electron chi connectivity index (χ0n) is 9.92. The fourth-order valence-electron chi connectivity index (χ4n) is 1.04. The predicted octanol–water partition coefficient (Wildman–Crippen LogP) is 1.02. The largest absolute Gasteiger partial charge is 0.333 e. The van der Waals surface area contributed by atoms with Crippen LogP contribution in [0.5, 0.6) is 0 Å². The van der Waals surface area contributed by atoms with Crippen molar-refractivity contribution in [1.29, 1.82) is 0 Å². The number of nitrogens with zero attached hydrogens (tertiary/aromatic N) is 1. The van der Waals surface area contributed by atoms with Crippen molar-refractivity contribution in [2.24, 2.45) is 11.7 Å². The van der Waals surface area contributed by atoms with Gasteiger partial charge in [-0.25, -0.2) is 4.79 Å². The molecular weight excluding hydrogens is 178 g/mol. The minimum absolute atomic E-state index is 0.0437.